The third-order valence-corrected chi connectivity index (χ3v) is 6.00. The summed E-state index contributed by atoms with van der Waals surface area (Å²) in [5.74, 6) is 0.815. The molecule has 1 amide bonds. The highest BCUT2D eigenvalue weighted by Gasteiger charge is 2.21. The number of hydrogen-bond acceptors (Lipinski definition) is 5. The van der Waals surface area contributed by atoms with Crippen LogP contribution in [0.15, 0.2) is 36.4 Å². The van der Waals surface area contributed by atoms with Crippen molar-refractivity contribution in [3.8, 4) is 5.75 Å². The van der Waals surface area contributed by atoms with Crippen LogP contribution in [0, 0.1) is 13.8 Å². The summed E-state index contributed by atoms with van der Waals surface area (Å²) in [4.78, 5) is 22.1. The normalized spacial score (nSPS) is 10.9. The van der Waals surface area contributed by atoms with Gasteiger partial charge in [0.25, 0.3) is 0 Å². The van der Waals surface area contributed by atoms with Crippen LogP contribution in [0.3, 0.4) is 0 Å². The van der Waals surface area contributed by atoms with Gasteiger partial charge in [-0.2, -0.15) is 0 Å². The molecule has 0 aliphatic rings. The van der Waals surface area contributed by atoms with E-state index in [0.717, 1.165) is 45.2 Å². The first-order valence-electron chi connectivity index (χ1n) is 9.84. The number of nitrogens with zero attached hydrogens (tertiary/aromatic N) is 3. The molecule has 7 heteroatoms. The van der Waals surface area contributed by atoms with Crippen LogP contribution in [0.4, 0.5) is 5.13 Å². The zero-order valence-electron chi connectivity index (χ0n) is 18.3. The molecular weight excluding hydrogens is 418 g/mol. The molecule has 1 heterocycles. The molecule has 0 fully saturated rings. The minimum Gasteiger partial charge on any atom is -0.494 e. The van der Waals surface area contributed by atoms with Crippen molar-refractivity contribution in [3.05, 3.63) is 53.1 Å². The van der Waals surface area contributed by atoms with E-state index >= 15 is 0 Å². The monoisotopic (exact) mass is 447 g/mol. The summed E-state index contributed by atoms with van der Waals surface area (Å²) in [6.45, 7) is 5.68. The first-order valence-corrected chi connectivity index (χ1v) is 10.7. The van der Waals surface area contributed by atoms with Gasteiger partial charge in [0.15, 0.2) is 5.13 Å². The van der Waals surface area contributed by atoms with E-state index in [1.807, 2.05) is 37.2 Å². The number of ether oxygens (including phenoxy) is 1. The van der Waals surface area contributed by atoms with E-state index in [-0.39, 0.29) is 18.3 Å². The summed E-state index contributed by atoms with van der Waals surface area (Å²) in [5, 5.41) is 0.735. The predicted octanol–water partition coefficient (Wildman–Crippen LogP) is 4.87. The van der Waals surface area contributed by atoms with Gasteiger partial charge in [-0.05, 0) is 64.2 Å². The summed E-state index contributed by atoms with van der Waals surface area (Å²) in [7, 11) is 5.74. The van der Waals surface area contributed by atoms with E-state index < -0.39 is 0 Å². The molecule has 2 aromatic carbocycles. The van der Waals surface area contributed by atoms with Crippen molar-refractivity contribution in [3.63, 3.8) is 0 Å². The Morgan fingerprint density at radius 1 is 1.13 bits per heavy atom. The van der Waals surface area contributed by atoms with Crippen molar-refractivity contribution in [2.45, 2.75) is 26.7 Å². The lowest BCUT2D eigenvalue weighted by atomic mass is 10.0. The minimum absolute atomic E-state index is 0. The lowest BCUT2D eigenvalue weighted by Gasteiger charge is -2.21. The number of aromatic nitrogens is 1. The maximum Gasteiger partial charge on any atom is 0.233 e. The van der Waals surface area contributed by atoms with Gasteiger partial charge in [0, 0.05) is 6.54 Å². The van der Waals surface area contributed by atoms with Crippen LogP contribution in [-0.4, -0.2) is 50.1 Å². The Bertz CT molecular complexity index is 1000. The van der Waals surface area contributed by atoms with Crippen molar-refractivity contribution in [1.82, 2.24) is 9.88 Å². The number of aryl methyl sites for hydroxylation is 2. The summed E-state index contributed by atoms with van der Waals surface area (Å²) in [6, 6.07) is 12.1. The van der Waals surface area contributed by atoms with Crippen molar-refractivity contribution >= 4 is 45.0 Å². The number of thiazole rings is 1. The van der Waals surface area contributed by atoms with Crippen molar-refractivity contribution in [2.75, 3.05) is 39.2 Å². The van der Waals surface area contributed by atoms with E-state index in [0.29, 0.717) is 13.0 Å². The SMILES string of the molecule is COc1cccc2sc(N(CCCN(C)C)C(=O)Cc3cc(C)ccc3C)nc12.Cl. The molecule has 3 rings (SSSR count). The van der Waals surface area contributed by atoms with Crippen LogP contribution >= 0.6 is 23.7 Å². The molecule has 0 bridgehead atoms. The molecule has 0 atom stereocenters. The highest BCUT2D eigenvalue weighted by atomic mass is 35.5. The van der Waals surface area contributed by atoms with E-state index in [9.17, 15) is 4.79 Å². The first kappa shape index (κ1) is 24.1. The van der Waals surface area contributed by atoms with Crippen LogP contribution < -0.4 is 9.64 Å². The molecule has 0 saturated carbocycles. The van der Waals surface area contributed by atoms with Crippen molar-refractivity contribution in [2.24, 2.45) is 0 Å². The maximum atomic E-state index is 13.3. The average molecular weight is 448 g/mol. The van der Waals surface area contributed by atoms with Gasteiger partial charge in [0.1, 0.15) is 11.3 Å². The van der Waals surface area contributed by atoms with Gasteiger partial charge in [0.2, 0.25) is 5.91 Å². The molecule has 0 saturated heterocycles. The third kappa shape index (κ3) is 5.72. The number of benzene rings is 2. The number of para-hydroxylation sites is 1. The van der Waals surface area contributed by atoms with Crippen LogP contribution in [-0.2, 0) is 11.2 Å². The number of fused-ring (bicyclic) bond motifs is 1. The number of anilines is 1. The second-order valence-electron chi connectivity index (χ2n) is 7.61. The fourth-order valence-corrected chi connectivity index (χ4v) is 4.34. The second kappa shape index (κ2) is 10.8. The van der Waals surface area contributed by atoms with E-state index in [1.54, 1.807) is 18.4 Å². The van der Waals surface area contributed by atoms with Gasteiger partial charge in [-0.15, -0.1) is 12.4 Å². The molecule has 0 spiro atoms. The van der Waals surface area contributed by atoms with Crippen LogP contribution in [0.1, 0.15) is 23.1 Å². The standard InChI is InChI=1S/C23H29N3O2S.ClH/c1-16-10-11-17(2)18(14-16)15-21(27)26(13-7-12-25(3)4)23-24-22-19(28-5)8-6-9-20(22)29-23;/h6,8-11,14H,7,12-13,15H2,1-5H3;1H. The lowest BCUT2D eigenvalue weighted by molar-refractivity contribution is -0.118. The summed E-state index contributed by atoms with van der Waals surface area (Å²) in [6.07, 6.45) is 1.27. The minimum atomic E-state index is 0. The third-order valence-electron chi connectivity index (χ3n) is 4.96. The maximum absolute atomic E-state index is 13.3. The smallest absolute Gasteiger partial charge is 0.233 e. The number of hydrogen-bond donors (Lipinski definition) is 0. The topological polar surface area (TPSA) is 45.7 Å². The van der Waals surface area contributed by atoms with Crippen LogP contribution in [0.25, 0.3) is 10.2 Å². The quantitative estimate of drug-likeness (QED) is 0.494. The molecule has 0 radical (unpaired) electrons. The van der Waals surface area contributed by atoms with E-state index in [1.165, 1.54) is 5.56 Å². The largest absolute Gasteiger partial charge is 0.494 e. The summed E-state index contributed by atoms with van der Waals surface area (Å²) < 4.78 is 6.48. The molecule has 30 heavy (non-hydrogen) atoms. The average Bonchev–Trinajstić information content (AvgIpc) is 3.11. The Kier molecular flexibility index (Phi) is 8.65. The van der Waals surface area contributed by atoms with Gasteiger partial charge in [0.05, 0.1) is 18.2 Å². The second-order valence-corrected chi connectivity index (χ2v) is 8.62. The molecule has 3 aromatic rings. The number of carbonyl (C=O) groups is 1. The van der Waals surface area contributed by atoms with Gasteiger partial charge >= 0.3 is 0 Å². The fraction of sp³-hybridized carbons (Fsp3) is 0.391. The molecule has 1 aromatic heterocycles. The van der Waals surface area contributed by atoms with Gasteiger partial charge in [-0.1, -0.05) is 41.2 Å². The number of methoxy groups -OCH3 is 1. The molecule has 0 aliphatic carbocycles. The Labute approximate surface area is 189 Å². The van der Waals surface area contributed by atoms with Crippen molar-refractivity contribution < 1.29 is 9.53 Å². The molecule has 0 N–H and O–H groups in total. The lowest BCUT2D eigenvalue weighted by Crippen LogP contribution is -2.34. The van der Waals surface area contributed by atoms with Gasteiger partial charge in [-0.25, -0.2) is 4.98 Å². The van der Waals surface area contributed by atoms with Crippen LogP contribution in [0.2, 0.25) is 0 Å². The molecule has 162 valence electrons. The van der Waals surface area contributed by atoms with Crippen molar-refractivity contribution in [1.29, 1.82) is 0 Å². The highest BCUT2D eigenvalue weighted by molar-refractivity contribution is 7.22. The number of rotatable bonds is 8. The Morgan fingerprint density at radius 2 is 1.90 bits per heavy atom. The number of halogens is 1. The predicted molar refractivity (Wildman–Crippen MR) is 129 cm³/mol. The molecular formula is C23H30ClN3O2S. The van der Waals surface area contributed by atoms with Crippen LogP contribution in [0.5, 0.6) is 5.75 Å². The molecule has 0 unspecified atom stereocenters. The molecule has 5 nitrogen and oxygen atoms in total. The highest BCUT2D eigenvalue weighted by Crippen LogP contribution is 2.34. The Morgan fingerprint density at radius 3 is 2.60 bits per heavy atom. The van der Waals surface area contributed by atoms with E-state index in [4.69, 9.17) is 9.72 Å². The zero-order chi connectivity index (χ0) is 21.0. The van der Waals surface area contributed by atoms with Gasteiger partial charge in [-0.3, -0.25) is 9.69 Å². The summed E-state index contributed by atoms with van der Waals surface area (Å²) >= 11 is 1.54. The number of amides is 1. The Hall–Kier alpha value is -2.15. The zero-order valence-corrected chi connectivity index (χ0v) is 19.9. The number of carbonyl (C=O) groups excluding carboxylic acids is 1. The van der Waals surface area contributed by atoms with Gasteiger partial charge < -0.3 is 9.64 Å². The fourth-order valence-electron chi connectivity index (χ4n) is 3.31. The first-order chi connectivity index (χ1) is 13.9. The Balaban J connectivity index is 0.00000320. The van der Waals surface area contributed by atoms with E-state index in [2.05, 4.69) is 36.9 Å². The summed E-state index contributed by atoms with van der Waals surface area (Å²) in [5.41, 5.74) is 4.20. The molecule has 0 aliphatic heterocycles.